The predicted octanol–water partition coefficient (Wildman–Crippen LogP) is 6.01. The Morgan fingerprint density at radius 1 is 0.893 bits per heavy atom. The lowest BCUT2D eigenvalue weighted by Gasteiger charge is -2.15. The predicted molar refractivity (Wildman–Crippen MR) is 111 cm³/mol. The summed E-state index contributed by atoms with van der Waals surface area (Å²) in [6.07, 6.45) is 0. The fourth-order valence-corrected chi connectivity index (χ4v) is 3.21. The van der Waals surface area contributed by atoms with Crippen LogP contribution in [0.3, 0.4) is 0 Å². The Morgan fingerprint density at radius 3 is 2.32 bits per heavy atom. The van der Waals surface area contributed by atoms with Crippen LogP contribution in [-0.4, -0.2) is 7.11 Å². The van der Waals surface area contributed by atoms with Crippen molar-refractivity contribution in [3.63, 3.8) is 0 Å². The molecule has 3 aromatic carbocycles. The first-order chi connectivity index (χ1) is 13.6. The molecule has 6 heteroatoms. The molecular formula is C22H20Cl2FNO2. The fourth-order valence-electron chi connectivity index (χ4n) is 2.73. The zero-order valence-corrected chi connectivity index (χ0v) is 16.9. The van der Waals surface area contributed by atoms with Crippen LogP contribution in [0, 0.1) is 5.82 Å². The second kappa shape index (κ2) is 9.78. The Labute approximate surface area is 174 Å². The molecule has 0 fully saturated rings. The van der Waals surface area contributed by atoms with Crippen molar-refractivity contribution in [1.82, 2.24) is 5.32 Å². The lowest BCUT2D eigenvalue weighted by atomic mass is 10.1. The molecule has 0 aliphatic heterocycles. The fraction of sp³-hybridized carbons (Fsp3) is 0.182. The van der Waals surface area contributed by atoms with E-state index < -0.39 is 0 Å². The van der Waals surface area contributed by atoms with Gasteiger partial charge in [-0.15, -0.1) is 0 Å². The first kappa shape index (κ1) is 20.5. The van der Waals surface area contributed by atoms with Crippen LogP contribution in [0.15, 0.2) is 60.7 Å². The molecule has 3 rings (SSSR count). The molecule has 146 valence electrons. The second-order valence-electron chi connectivity index (χ2n) is 6.22. The Hall–Kier alpha value is -2.27. The van der Waals surface area contributed by atoms with Gasteiger partial charge in [-0.2, -0.15) is 0 Å². The Balaban J connectivity index is 1.65. The monoisotopic (exact) mass is 419 g/mol. The number of nitrogens with one attached hydrogen (secondary N) is 1. The van der Waals surface area contributed by atoms with E-state index in [1.807, 2.05) is 36.4 Å². The summed E-state index contributed by atoms with van der Waals surface area (Å²) in [5, 5.41) is 4.41. The van der Waals surface area contributed by atoms with Crippen molar-refractivity contribution in [3.8, 4) is 11.5 Å². The third kappa shape index (κ3) is 5.38. The molecule has 0 aliphatic rings. The van der Waals surface area contributed by atoms with Crippen molar-refractivity contribution in [2.75, 3.05) is 7.11 Å². The van der Waals surface area contributed by atoms with Gasteiger partial charge in [0.1, 0.15) is 12.4 Å². The molecule has 0 saturated heterocycles. The van der Waals surface area contributed by atoms with Crippen molar-refractivity contribution >= 4 is 23.2 Å². The summed E-state index contributed by atoms with van der Waals surface area (Å²) >= 11 is 12.6. The highest BCUT2D eigenvalue weighted by atomic mass is 35.5. The number of hydrogen-bond donors (Lipinski definition) is 1. The zero-order valence-electron chi connectivity index (χ0n) is 15.3. The van der Waals surface area contributed by atoms with Crippen LogP contribution in [0.4, 0.5) is 4.39 Å². The number of halogens is 3. The topological polar surface area (TPSA) is 30.5 Å². The van der Waals surface area contributed by atoms with Gasteiger partial charge >= 0.3 is 0 Å². The van der Waals surface area contributed by atoms with Gasteiger partial charge in [0.2, 0.25) is 0 Å². The number of benzene rings is 3. The average molecular weight is 420 g/mol. The van der Waals surface area contributed by atoms with Crippen LogP contribution in [0.25, 0.3) is 0 Å². The standard InChI is InChI=1S/C22H20Cl2FNO2/c1-27-21-11-16(13-26-12-15-6-8-18(25)9-7-15)10-20(24)22(21)28-14-17-4-2-3-5-19(17)23/h2-11,26H,12-14H2,1H3. The molecule has 0 atom stereocenters. The smallest absolute Gasteiger partial charge is 0.180 e. The summed E-state index contributed by atoms with van der Waals surface area (Å²) < 4.78 is 24.3. The lowest BCUT2D eigenvalue weighted by Crippen LogP contribution is -2.13. The largest absolute Gasteiger partial charge is 0.493 e. The van der Waals surface area contributed by atoms with E-state index in [4.69, 9.17) is 32.7 Å². The minimum Gasteiger partial charge on any atom is -0.493 e. The van der Waals surface area contributed by atoms with E-state index in [1.54, 1.807) is 19.2 Å². The molecule has 0 heterocycles. The highest BCUT2D eigenvalue weighted by molar-refractivity contribution is 6.32. The van der Waals surface area contributed by atoms with Crippen molar-refractivity contribution in [1.29, 1.82) is 0 Å². The van der Waals surface area contributed by atoms with Gasteiger partial charge in [0.15, 0.2) is 11.5 Å². The third-order valence-corrected chi connectivity index (χ3v) is 4.84. The van der Waals surface area contributed by atoms with E-state index in [1.165, 1.54) is 12.1 Å². The molecule has 0 amide bonds. The van der Waals surface area contributed by atoms with Crippen LogP contribution >= 0.6 is 23.2 Å². The molecule has 0 unspecified atom stereocenters. The minimum atomic E-state index is -0.243. The third-order valence-electron chi connectivity index (χ3n) is 4.19. The summed E-state index contributed by atoms with van der Waals surface area (Å²) in [7, 11) is 1.57. The SMILES string of the molecule is COc1cc(CNCc2ccc(F)cc2)cc(Cl)c1OCc1ccccc1Cl. The van der Waals surface area contributed by atoms with Gasteiger partial charge in [-0.3, -0.25) is 0 Å². The average Bonchev–Trinajstić information content (AvgIpc) is 2.69. The molecule has 0 spiro atoms. The Morgan fingerprint density at radius 2 is 1.61 bits per heavy atom. The molecular weight excluding hydrogens is 400 g/mol. The molecule has 0 bridgehead atoms. The van der Waals surface area contributed by atoms with Gasteiger partial charge in [-0.1, -0.05) is 53.5 Å². The van der Waals surface area contributed by atoms with E-state index in [-0.39, 0.29) is 12.4 Å². The molecule has 1 N–H and O–H groups in total. The molecule has 0 radical (unpaired) electrons. The first-order valence-electron chi connectivity index (χ1n) is 8.74. The van der Waals surface area contributed by atoms with Crippen molar-refractivity contribution < 1.29 is 13.9 Å². The first-order valence-corrected chi connectivity index (χ1v) is 9.50. The van der Waals surface area contributed by atoms with Gasteiger partial charge in [-0.05, 0) is 41.5 Å². The second-order valence-corrected chi connectivity index (χ2v) is 7.03. The highest BCUT2D eigenvalue weighted by Crippen LogP contribution is 2.37. The minimum absolute atomic E-state index is 0.243. The van der Waals surface area contributed by atoms with E-state index >= 15 is 0 Å². The van der Waals surface area contributed by atoms with Crippen molar-refractivity contribution in [2.24, 2.45) is 0 Å². The molecule has 3 aromatic rings. The molecule has 0 aromatic heterocycles. The molecule has 3 nitrogen and oxygen atoms in total. The van der Waals surface area contributed by atoms with E-state index in [0.29, 0.717) is 34.6 Å². The van der Waals surface area contributed by atoms with E-state index in [0.717, 1.165) is 16.7 Å². The summed E-state index contributed by atoms with van der Waals surface area (Å²) in [5.74, 6) is 0.789. The van der Waals surface area contributed by atoms with Gasteiger partial charge in [0.25, 0.3) is 0 Å². The lowest BCUT2D eigenvalue weighted by molar-refractivity contribution is 0.284. The number of rotatable bonds is 8. The van der Waals surface area contributed by atoms with Crippen LogP contribution in [-0.2, 0) is 19.7 Å². The molecule has 0 aliphatic carbocycles. The maximum Gasteiger partial charge on any atom is 0.180 e. The summed E-state index contributed by atoms with van der Waals surface area (Å²) in [6, 6.07) is 17.6. The number of hydrogen-bond acceptors (Lipinski definition) is 3. The van der Waals surface area contributed by atoms with E-state index in [9.17, 15) is 4.39 Å². The Bertz CT molecular complexity index is 932. The number of ether oxygens (including phenoxy) is 2. The quantitative estimate of drug-likeness (QED) is 0.484. The molecule has 28 heavy (non-hydrogen) atoms. The number of methoxy groups -OCH3 is 1. The molecule has 0 saturated carbocycles. The van der Waals surface area contributed by atoms with Crippen LogP contribution in [0.5, 0.6) is 11.5 Å². The van der Waals surface area contributed by atoms with Gasteiger partial charge in [0.05, 0.1) is 12.1 Å². The summed E-state index contributed by atoms with van der Waals surface area (Å²) in [6.45, 7) is 1.49. The zero-order chi connectivity index (χ0) is 19.9. The van der Waals surface area contributed by atoms with Crippen molar-refractivity contribution in [3.05, 3.63) is 93.2 Å². The van der Waals surface area contributed by atoms with Crippen LogP contribution in [0.1, 0.15) is 16.7 Å². The van der Waals surface area contributed by atoms with Gasteiger partial charge < -0.3 is 14.8 Å². The normalized spacial score (nSPS) is 10.7. The van der Waals surface area contributed by atoms with Gasteiger partial charge in [-0.25, -0.2) is 4.39 Å². The highest BCUT2D eigenvalue weighted by Gasteiger charge is 2.13. The summed E-state index contributed by atoms with van der Waals surface area (Å²) in [5.41, 5.74) is 2.82. The maximum atomic E-state index is 13.0. The van der Waals surface area contributed by atoms with Crippen LogP contribution < -0.4 is 14.8 Å². The maximum absolute atomic E-state index is 13.0. The van der Waals surface area contributed by atoms with Gasteiger partial charge in [0, 0.05) is 23.7 Å². The Kier molecular flexibility index (Phi) is 7.15. The summed E-state index contributed by atoms with van der Waals surface area (Å²) in [4.78, 5) is 0. The van der Waals surface area contributed by atoms with Crippen molar-refractivity contribution in [2.45, 2.75) is 19.7 Å². The van der Waals surface area contributed by atoms with E-state index in [2.05, 4.69) is 5.32 Å². The van der Waals surface area contributed by atoms with Crippen LogP contribution in [0.2, 0.25) is 10.0 Å².